The summed E-state index contributed by atoms with van der Waals surface area (Å²) in [5.74, 6) is -0.181. The SMILES string of the molecule is C=CC(=O)N(c1ccccc1)c1ccc(-c2ccc(N(c3ccccc3)c3ccccc3)cc2)c(-c2ccccc2)c1. The van der Waals surface area contributed by atoms with Crippen molar-refractivity contribution in [1.82, 2.24) is 0 Å². The predicted molar refractivity (Wildman–Crippen MR) is 176 cm³/mol. The Morgan fingerprint density at radius 1 is 0.452 bits per heavy atom. The summed E-state index contributed by atoms with van der Waals surface area (Å²) in [4.78, 5) is 17.0. The number of para-hydroxylation sites is 3. The average molecular weight is 543 g/mol. The van der Waals surface area contributed by atoms with Gasteiger partial charge in [-0.2, -0.15) is 0 Å². The maximum Gasteiger partial charge on any atom is 0.254 e. The van der Waals surface area contributed by atoms with Crippen LogP contribution in [0.3, 0.4) is 0 Å². The molecule has 3 nitrogen and oxygen atoms in total. The normalized spacial score (nSPS) is 10.6. The largest absolute Gasteiger partial charge is 0.311 e. The maximum absolute atomic E-state index is 13.1. The Labute approximate surface area is 247 Å². The molecule has 0 N–H and O–H groups in total. The van der Waals surface area contributed by atoms with E-state index in [1.54, 1.807) is 4.90 Å². The van der Waals surface area contributed by atoms with E-state index >= 15 is 0 Å². The van der Waals surface area contributed by atoms with Gasteiger partial charge in [0.2, 0.25) is 0 Å². The molecule has 0 bridgehead atoms. The topological polar surface area (TPSA) is 23.6 Å². The van der Waals surface area contributed by atoms with E-state index in [1.807, 2.05) is 66.7 Å². The number of amides is 1. The standard InChI is InChI=1S/C39H30N2O/c1-2-39(42)41(34-21-13-6-14-22-34)36-27-28-37(38(29-36)30-15-7-3-8-16-30)31-23-25-35(26-24-31)40(32-17-9-4-10-18-32)33-19-11-5-12-20-33/h2-29H,1H2. The molecule has 42 heavy (non-hydrogen) atoms. The van der Waals surface area contributed by atoms with Crippen LogP contribution in [0.1, 0.15) is 0 Å². The van der Waals surface area contributed by atoms with Gasteiger partial charge in [-0.1, -0.05) is 110 Å². The lowest BCUT2D eigenvalue weighted by atomic mass is 9.93. The van der Waals surface area contributed by atoms with Gasteiger partial charge in [-0.3, -0.25) is 9.69 Å². The smallest absolute Gasteiger partial charge is 0.254 e. The van der Waals surface area contributed by atoms with Crippen LogP contribution in [-0.2, 0) is 4.79 Å². The van der Waals surface area contributed by atoms with Crippen LogP contribution in [0.15, 0.2) is 176 Å². The Kier molecular flexibility index (Phi) is 7.74. The van der Waals surface area contributed by atoms with Crippen molar-refractivity contribution in [3.8, 4) is 22.3 Å². The predicted octanol–water partition coefficient (Wildman–Crippen LogP) is 10.3. The van der Waals surface area contributed by atoms with Gasteiger partial charge in [0.1, 0.15) is 0 Å². The molecule has 6 aromatic carbocycles. The molecule has 0 saturated carbocycles. The molecule has 202 valence electrons. The lowest BCUT2D eigenvalue weighted by Gasteiger charge is -2.26. The summed E-state index contributed by atoms with van der Waals surface area (Å²) in [5, 5.41) is 0. The third-order valence-electron chi connectivity index (χ3n) is 7.22. The molecule has 6 aromatic rings. The molecule has 0 fully saturated rings. The molecule has 0 radical (unpaired) electrons. The van der Waals surface area contributed by atoms with Gasteiger partial charge in [0.25, 0.3) is 5.91 Å². The van der Waals surface area contributed by atoms with Gasteiger partial charge in [-0.25, -0.2) is 0 Å². The number of carbonyl (C=O) groups excluding carboxylic acids is 1. The Balaban J connectivity index is 1.44. The highest BCUT2D eigenvalue weighted by Gasteiger charge is 2.19. The van der Waals surface area contributed by atoms with E-state index in [0.717, 1.165) is 50.7 Å². The number of hydrogen-bond donors (Lipinski definition) is 0. The molecule has 0 aliphatic rings. The lowest BCUT2D eigenvalue weighted by Crippen LogP contribution is -2.23. The number of benzene rings is 6. The second-order valence-electron chi connectivity index (χ2n) is 9.86. The van der Waals surface area contributed by atoms with Crippen molar-refractivity contribution in [1.29, 1.82) is 0 Å². The number of rotatable bonds is 8. The van der Waals surface area contributed by atoms with Crippen molar-refractivity contribution >= 4 is 34.3 Å². The average Bonchev–Trinajstić information content (AvgIpc) is 3.07. The monoisotopic (exact) mass is 542 g/mol. The van der Waals surface area contributed by atoms with Crippen molar-refractivity contribution in [2.24, 2.45) is 0 Å². The van der Waals surface area contributed by atoms with Crippen LogP contribution in [0, 0.1) is 0 Å². The fourth-order valence-electron chi connectivity index (χ4n) is 5.24. The van der Waals surface area contributed by atoms with Gasteiger partial charge < -0.3 is 4.90 Å². The first-order valence-electron chi connectivity index (χ1n) is 13.9. The van der Waals surface area contributed by atoms with E-state index in [-0.39, 0.29) is 5.91 Å². The molecule has 0 atom stereocenters. The summed E-state index contributed by atoms with van der Waals surface area (Å²) in [6.07, 6.45) is 1.35. The number of nitrogens with zero attached hydrogens (tertiary/aromatic N) is 2. The van der Waals surface area contributed by atoms with Crippen LogP contribution in [-0.4, -0.2) is 5.91 Å². The quantitative estimate of drug-likeness (QED) is 0.179. The molecule has 0 aromatic heterocycles. The molecule has 0 saturated heterocycles. The minimum Gasteiger partial charge on any atom is -0.311 e. The van der Waals surface area contributed by atoms with E-state index in [1.165, 1.54) is 6.08 Å². The highest BCUT2D eigenvalue weighted by molar-refractivity contribution is 6.07. The van der Waals surface area contributed by atoms with Crippen molar-refractivity contribution in [3.05, 3.63) is 176 Å². The van der Waals surface area contributed by atoms with Gasteiger partial charge >= 0.3 is 0 Å². The Hall–Kier alpha value is -5.67. The molecule has 1 amide bonds. The zero-order valence-corrected chi connectivity index (χ0v) is 23.2. The van der Waals surface area contributed by atoms with Crippen LogP contribution in [0.4, 0.5) is 28.4 Å². The van der Waals surface area contributed by atoms with E-state index in [0.29, 0.717) is 0 Å². The molecule has 0 unspecified atom stereocenters. The van der Waals surface area contributed by atoms with Gasteiger partial charge in [-0.05, 0) is 89.0 Å². The van der Waals surface area contributed by atoms with Crippen LogP contribution in [0.2, 0.25) is 0 Å². The number of hydrogen-bond acceptors (Lipinski definition) is 2. The molecule has 0 aliphatic heterocycles. The molecule has 0 aliphatic carbocycles. The van der Waals surface area contributed by atoms with Crippen molar-refractivity contribution < 1.29 is 4.79 Å². The number of anilines is 5. The minimum absolute atomic E-state index is 0.181. The van der Waals surface area contributed by atoms with E-state index in [2.05, 4.69) is 109 Å². The summed E-state index contributed by atoms with van der Waals surface area (Å²) in [6.45, 7) is 3.75. The van der Waals surface area contributed by atoms with Crippen LogP contribution >= 0.6 is 0 Å². The van der Waals surface area contributed by atoms with Gasteiger partial charge in [-0.15, -0.1) is 0 Å². The molecule has 3 heteroatoms. The molecular weight excluding hydrogens is 512 g/mol. The van der Waals surface area contributed by atoms with Crippen molar-refractivity contribution in [2.45, 2.75) is 0 Å². The van der Waals surface area contributed by atoms with Crippen LogP contribution in [0.25, 0.3) is 22.3 Å². The summed E-state index contributed by atoms with van der Waals surface area (Å²) in [6, 6.07) is 55.6. The van der Waals surface area contributed by atoms with Gasteiger partial charge in [0.05, 0.1) is 0 Å². The lowest BCUT2D eigenvalue weighted by molar-refractivity contribution is -0.113. The van der Waals surface area contributed by atoms with E-state index in [4.69, 9.17) is 0 Å². The Morgan fingerprint density at radius 3 is 1.40 bits per heavy atom. The van der Waals surface area contributed by atoms with Crippen LogP contribution < -0.4 is 9.80 Å². The summed E-state index contributed by atoms with van der Waals surface area (Å²) in [5.41, 5.74) is 9.13. The molecule has 0 spiro atoms. The van der Waals surface area contributed by atoms with Gasteiger partial charge in [0.15, 0.2) is 0 Å². The van der Waals surface area contributed by atoms with Crippen LogP contribution in [0.5, 0.6) is 0 Å². The minimum atomic E-state index is -0.181. The van der Waals surface area contributed by atoms with E-state index < -0.39 is 0 Å². The fraction of sp³-hybridized carbons (Fsp3) is 0. The molecular formula is C39H30N2O. The third-order valence-corrected chi connectivity index (χ3v) is 7.22. The fourth-order valence-corrected chi connectivity index (χ4v) is 5.24. The first-order valence-corrected chi connectivity index (χ1v) is 13.9. The zero-order valence-electron chi connectivity index (χ0n) is 23.2. The summed E-state index contributed by atoms with van der Waals surface area (Å²) in [7, 11) is 0. The summed E-state index contributed by atoms with van der Waals surface area (Å²) >= 11 is 0. The number of carbonyl (C=O) groups is 1. The highest BCUT2D eigenvalue weighted by Crippen LogP contribution is 2.39. The second-order valence-corrected chi connectivity index (χ2v) is 9.86. The first kappa shape index (κ1) is 26.5. The van der Waals surface area contributed by atoms with Crippen molar-refractivity contribution in [2.75, 3.05) is 9.80 Å². The highest BCUT2D eigenvalue weighted by atomic mass is 16.2. The Bertz CT molecular complexity index is 1740. The van der Waals surface area contributed by atoms with E-state index in [9.17, 15) is 4.79 Å². The Morgan fingerprint density at radius 2 is 0.881 bits per heavy atom. The summed E-state index contributed by atoms with van der Waals surface area (Å²) < 4.78 is 0. The maximum atomic E-state index is 13.1. The molecule has 6 rings (SSSR count). The molecule has 0 heterocycles. The van der Waals surface area contributed by atoms with Gasteiger partial charge in [0, 0.05) is 28.4 Å². The first-order chi connectivity index (χ1) is 20.7. The third kappa shape index (κ3) is 5.49. The zero-order chi connectivity index (χ0) is 28.7. The van der Waals surface area contributed by atoms with Crippen molar-refractivity contribution in [3.63, 3.8) is 0 Å². The second kappa shape index (κ2) is 12.2.